The SMILES string of the molecule is Cc1ccc(S(=O)(=O)C[S+](C)(C)=O)cc1.[Cl-]. The van der Waals surface area contributed by atoms with E-state index < -0.39 is 19.8 Å². The summed E-state index contributed by atoms with van der Waals surface area (Å²) in [5.74, 6) is 0. The molecule has 0 unspecified atom stereocenters. The maximum Gasteiger partial charge on any atom is 0.223 e. The van der Waals surface area contributed by atoms with Crippen molar-refractivity contribution < 1.29 is 25.0 Å². The van der Waals surface area contributed by atoms with Crippen molar-refractivity contribution in [2.24, 2.45) is 0 Å². The fraction of sp³-hybridized carbons (Fsp3) is 0.400. The van der Waals surface area contributed by atoms with E-state index in [1.54, 1.807) is 24.3 Å². The zero-order valence-corrected chi connectivity index (χ0v) is 11.8. The van der Waals surface area contributed by atoms with Crippen LogP contribution in [0.1, 0.15) is 5.56 Å². The quantitative estimate of drug-likeness (QED) is 0.634. The lowest BCUT2D eigenvalue weighted by Crippen LogP contribution is -3.00. The van der Waals surface area contributed by atoms with Crippen molar-refractivity contribution in [3.05, 3.63) is 29.8 Å². The lowest BCUT2D eigenvalue weighted by Gasteiger charge is -2.04. The zero-order valence-electron chi connectivity index (χ0n) is 9.44. The second-order valence-electron chi connectivity index (χ2n) is 3.98. The number of benzene rings is 1. The predicted molar refractivity (Wildman–Crippen MR) is 63.1 cm³/mol. The minimum Gasteiger partial charge on any atom is -1.00 e. The van der Waals surface area contributed by atoms with Crippen molar-refractivity contribution in [2.45, 2.75) is 11.8 Å². The van der Waals surface area contributed by atoms with E-state index in [1.165, 1.54) is 12.5 Å². The molecule has 0 N–H and O–H groups in total. The minimum atomic E-state index is -3.41. The Balaban J connectivity index is 0.00000225. The largest absolute Gasteiger partial charge is 1.00 e. The van der Waals surface area contributed by atoms with Crippen LogP contribution in [0.25, 0.3) is 0 Å². The number of sulfone groups is 1. The number of rotatable bonds is 3. The van der Waals surface area contributed by atoms with Gasteiger partial charge in [0, 0.05) is 0 Å². The van der Waals surface area contributed by atoms with Crippen molar-refractivity contribution >= 4 is 19.8 Å². The molecular formula is C10H15ClO3S2. The van der Waals surface area contributed by atoms with Crippen molar-refractivity contribution in [1.82, 2.24) is 0 Å². The summed E-state index contributed by atoms with van der Waals surface area (Å²) in [6, 6.07) is 6.58. The second kappa shape index (κ2) is 5.29. The van der Waals surface area contributed by atoms with Gasteiger partial charge in [0.05, 0.1) is 14.8 Å². The van der Waals surface area contributed by atoms with Crippen LogP contribution < -0.4 is 12.4 Å². The van der Waals surface area contributed by atoms with E-state index in [0.717, 1.165) is 5.56 Å². The van der Waals surface area contributed by atoms with Crippen LogP contribution in [0.5, 0.6) is 0 Å². The Morgan fingerprint density at radius 3 is 1.94 bits per heavy atom. The molecule has 1 aromatic rings. The summed E-state index contributed by atoms with van der Waals surface area (Å²) in [5.41, 5.74) is 1.00. The van der Waals surface area contributed by atoms with Gasteiger partial charge in [-0.2, -0.15) is 0 Å². The number of aryl methyl sites for hydroxylation is 1. The second-order valence-corrected chi connectivity index (χ2v) is 9.50. The van der Waals surface area contributed by atoms with E-state index in [4.69, 9.17) is 0 Å². The van der Waals surface area contributed by atoms with Crippen molar-refractivity contribution in [1.29, 1.82) is 0 Å². The average molecular weight is 283 g/mol. The molecule has 0 saturated carbocycles. The molecule has 0 fully saturated rings. The standard InChI is InChI=1S/C10H15O3S2.ClH/c1-9-4-6-10(7-5-9)15(12,13)8-14(2,3)11;/h4-7H,8H2,1-3H3;1H/q+1;/p-1. The van der Waals surface area contributed by atoms with Gasteiger partial charge in [-0.3, -0.25) is 0 Å². The molecule has 0 radical (unpaired) electrons. The molecule has 0 bridgehead atoms. The first-order valence-corrected chi connectivity index (χ1v) is 8.62. The molecule has 0 amide bonds. The zero-order chi connectivity index (χ0) is 11.7. The van der Waals surface area contributed by atoms with Crippen LogP contribution in [0.3, 0.4) is 0 Å². The maximum absolute atomic E-state index is 11.8. The molecule has 0 aromatic heterocycles. The van der Waals surface area contributed by atoms with E-state index in [9.17, 15) is 12.6 Å². The van der Waals surface area contributed by atoms with Gasteiger partial charge in [0.2, 0.25) is 14.9 Å². The molecule has 16 heavy (non-hydrogen) atoms. The highest BCUT2D eigenvalue weighted by molar-refractivity contribution is 8.13. The van der Waals surface area contributed by atoms with Crippen LogP contribution in [0, 0.1) is 6.92 Å². The maximum atomic E-state index is 11.8. The third kappa shape index (κ3) is 4.63. The van der Waals surface area contributed by atoms with Gasteiger partial charge in [0.25, 0.3) is 0 Å². The first-order valence-electron chi connectivity index (χ1n) is 4.42. The van der Waals surface area contributed by atoms with Crippen molar-refractivity contribution in [2.75, 3.05) is 17.6 Å². The first kappa shape index (κ1) is 15.6. The number of halogens is 1. The molecule has 0 saturated heterocycles. The Bertz CT molecular complexity index is 485. The highest BCUT2D eigenvalue weighted by Gasteiger charge is 2.26. The lowest BCUT2D eigenvalue weighted by molar-refractivity contribution is -0.00000728. The fourth-order valence-corrected chi connectivity index (χ4v) is 5.27. The monoisotopic (exact) mass is 282 g/mol. The molecule has 0 aliphatic heterocycles. The van der Waals surface area contributed by atoms with Crippen LogP contribution in [0.15, 0.2) is 29.2 Å². The van der Waals surface area contributed by atoms with E-state index >= 15 is 0 Å². The number of hydrogen-bond donors (Lipinski definition) is 0. The van der Waals surface area contributed by atoms with Gasteiger partial charge >= 0.3 is 0 Å². The minimum absolute atomic E-state index is 0. The van der Waals surface area contributed by atoms with Crippen molar-refractivity contribution in [3.8, 4) is 0 Å². The molecule has 92 valence electrons. The highest BCUT2D eigenvalue weighted by Crippen LogP contribution is 2.15. The van der Waals surface area contributed by atoms with Gasteiger partial charge in [-0.15, -0.1) is 4.21 Å². The summed E-state index contributed by atoms with van der Waals surface area (Å²) >= 11 is 0. The van der Waals surface area contributed by atoms with Gasteiger partial charge in [-0.1, -0.05) is 17.7 Å². The molecule has 0 atom stereocenters. The summed E-state index contributed by atoms with van der Waals surface area (Å²) in [6.45, 7) is 1.89. The van der Waals surface area contributed by atoms with Gasteiger partial charge < -0.3 is 12.4 Å². The third-order valence-electron chi connectivity index (χ3n) is 1.82. The van der Waals surface area contributed by atoms with Gasteiger partial charge in [0.1, 0.15) is 12.5 Å². The molecule has 6 heteroatoms. The van der Waals surface area contributed by atoms with Crippen LogP contribution >= 0.6 is 0 Å². The molecule has 0 aliphatic rings. The fourth-order valence-electron chi connectivity index (χ4n) is 1.19. The van der Waals surface area contributed by atoms with Crippen LogP contribution in [0.2, 0.25) is 0 Å². The summed E-state index contributed by atoms with van der Waals surface area (Å²) in [4.78, 5) is 0.240. The highest BCUT2D eigenvalue weighted by atomic mass is 35.5. The summed E-state index contributed by atoms with van der Waals surface area (Å²) in [6.07, 6.45) is 2.91. The Morgan fingerprint density at radius 2 is 1.56 bits per heavy atom. The predicted octanol–water partition coefficient (Wildman–Crippen LogP) is -1.51. The smallest absolute Gasteiger partial charge is 0.223 e. The molecule has 1 aromatic carbocycles. The van der Waals surface area contributed by atoms with Crippen LogP contribution in [-0.2, 0) is 24.0 Å². The Kier molecular flexibility index (Phi) is 5.16. The Morgan fingerprint density at radius 1 is 1.12 bits per heavy atom. The topological polar surface area (TPSA) is 51.2 Å². The van der Waals surface area contributed by atoms with E-state index in [2.05, 4.69) is 0 Å². The lowest BCUT2D eigenvalue weighted by atomic mass is 10.2. The molecule has 0 heterocycles. The Hall–Kier alpha value is -0.390. The molecular weight excluding hydrogens is 268 g/mol. The van der Waals surface area contributed by atoms with Crippen molar-refractivity contribution in [3.63, 3.8) is 0 Å². The molecule has 3 nitrogen and oxygen atoms in total. The summed E-state index contributed by atoms with van der Waals surface area (Å²) in [5, 5.41) is -0.289. The summed E-state index contributed by atoms with van der Waals surface area (Å²) < 4.78 is 35.0. The molecule has 0 aliphatic carbocycles. The average Bonchev–Trinajstić information content (AvgIpc) is 2.00. The normalized spacial score (nSPS) is 11.9. The van der Waals surface area contributed by atoms with Crippen LogP contribution in [0.4, 0.5) is 0 Å². The van der Waals surface area contributed by atoms with Crippen LogP contribution in [-0.4, -0.2) is 26.0 Å². The van der Waals surface area contributed by atoms with Gasteiger partial charge in [-0.25, -0.2) is 8.42 Å². The first-order chi connectivity index (χ1) is 6.71. The third-order valence-corrected chi connectivity index (χ3v) is 6.32. The van der Waals surface area contributed by atoms with E-state index in [1.807, 2.05) is 6.92 Å². The number of hydrogen-bond acceptors (Lipinski definition) is 3. The molecule has 0 spiro atoms. The van der Waals surface area contributed by atoms with E-state index in [0.29, 0.717) is 0 Å². The van der Waals surface area contributed by atoms with Gasteiger partial charge in [-0.05, 0) is 19.1 Å². The molecule has 1 rings (SSSR count). The summed E-state index contributed by atoms with van der Waals surface area (Å²) in [7, 11) is -5.69. The van der Waals surface area contributed by atoms with Gasteiger partial charge in [0.15, 0.2) is 0 Å². The Labute approximate surface area is 104 Å². The van der Waals surface area contributed by atoms with E-state index in [-0.39, 0.29) is 22.4 Å².